The molecule has 0 saturated carbocycles. The first-order valence-electron chi connectivity index (χ1n) is 11.6. The van der Waals surface area contributed by atoms with Gasteiger partial charge in [0.1, 0.15) is 5.82 Å². The number of nitrogens with zero attached hydrogens (tertiary/aromatic N) is 3. The highest BCUT2D eigenvalue weighted by Gasteiger charge is 2.38. The molecule has 1 aromatic heterocycles. The molecule has 1 amide bonds. The van der Waals surface area contributed by atoms with Crippen LogP contribution in [-0.4, -0.2) is 20.4 Å². The van der Waals surface area contributed by atoms with Crippen LogP contribution in [0.1, 0.15) is 60.4 Å². The maximum Gasteiger partial charge on any atom is 0.257 e. The molecular weight excluding hydrogens is 398 g/mol. The Hall–Kier alpha value is -3.21. The molecule has 2 heterocycles. The van der Waals surface area contributed by atoms with Crippen molar-refractivity contribution in [1.82, 2.24) is 14.5 Å². The molecule has 5 heteroatoms. The number of hydrogen-bond acceptors (Lipinski definition) is 3. The summed E-state index contributed by atoms with van der Waals surface area (Å²) in [4.78, 5) is 33.8. The number of fused-ring (bicyclic) bond motifs is 1. The number of carbonyl (C=O) groups is 1. The van der Waals surface area contributed by atoms with Gasteiger partial charge in [-0.3, -0.25) is 14.2 Å². The average Bonchev–Trinajstić information content (AvgIpc) is 3.29. The highest BCUT2D eigenvalue weighted by Crippen LogP contribution is 2.37. The van der Waals surface area contributed by atoms with E-state index in [0.29, 0.717) is 19.5 Å². The second kappa shape index (κ2) is 8.73. The lowest BCUT2D eigenvalue weighted by Gasteiger charge is -2.40. The van der Waals surface area contributed by atoms with E-state index < -0.39 is 0 Å². The highest BCUT2D eigenvalue weighted by molar-refractivity contribution is 5.77. The number of likely N-dealkylation sites (tertiary alicyclic amines) is 1. The van der Waals surface area contributed by atoms with Crippen LogP contribution in [0.2, 0.25) is 0 Å². The van der Waals surface area contributed by atoms with E-state index >= 15 is 0 Å². The van der Waals surface area contributed by atoms with Crippen LogP contribution in [0.3, 0.4) is 0 Å². The number of piperidine rings is 1. The average molecular weight is 428 g/mol. The molecule has 3 aromatic rings. The molecule has 1 aliphatic heterocycles. The van der Waals surface area contributed by atoms with Crippen LogP contribution in [0.5, 0.6) is 0 Å². The summed E-state index contributed by atoms with van der Waals surface area (Å²) in [6.45, 7) is 3.19. The van der Waals surface area contributed by atoms with Gasteiger partial charge in [-0.2, -0.15) is 0 Å². The van der Waals surface area contributed by atoms with Crippen molar-refractivity contribution in [2.24, 2.45) is 5.92 Å². The number of benzene rings is 2. The van der Waals surface area contributed by atoms with E-state index in [1.807, 2.05) is 58.0 Å². The first-order chi connectivity index (χ1) is 15.6. The number of hydrogen-bond donors (Lipinski definition) is 0. The van der Waals surface area contributed by atoms with Gasteiger partial charge in [0.2, 0.25) is 5.91 Å². The van der Waals surface area contributed by atoms with Gasteiger partial charge in [0, 0.05) is 18.5 Å². The second-order valence-electron chi connectivity index (χ2n) is 9.09. The molecule has 2 atom stereocenters. The van der Waals surface area contributed by atoms with Gasteiger partial charge in [0.15, 0.2) is 0 Å². The molecule has 0 N–H and O–H groups in total. The van der Waals surface area contributed by atoms with E-state index in [-0.39, 0.29) is 23.4 Å². The van der Waals surface area contributed by atoms with E-state index in [4.69, 9.17) is 4.98 Å². The third kappa shape index (κ3) is 3.88. The Morgan fingerprint density at radius 1 is 0.875 bits per heavy atom. The van der Waals surface area contributed by atoms with Gasteiger partial charge in [-0.15, -0.1) is 0 Å². The molecule has 164 valence electrons. The third-order valence-electron chi connectivity index (χ3n) is 6.87. The molecule has 32 heavy (non-hydrogen) atoms. The van der Waals surface area contributed by atoms with Crippen molar-refractivity contribution in [3.05, 3.63) is 99.2 Å². The molecule has 5 rings (SSSR count). The maximum absolute atomic E-state index is 13.6. The Morgan fingerprint density at radius 2 is 1.53 bits per heavy atom. The predicted molar refractivity (Wildman–Crippen MR) is 124 cm³/mol. The first kappa shape index (κ1) is 20.7. The first-order valence-corrected chi connectivity index (χ1v) is 11.6. The SMILES string of the molecule is CC1CCC(=O)N(Cc2ccccc2)C1c1nc2c(c(=O)n1Cc1ccccc1)CCC2. The Bertz CT molecular complexity index is 1170. The van der Waals surface area contributed by atoms with Crippen molar-refractivity contribution in [3.8, 4) is 0 Å². The number of rotatable bonds is 5. The summed E-state index contributed by atoms with van der Waals surface area (Å²) in [6, 6.07) is 19.9. The van der Waals surface area contributed by atoms with E-state index in [2.05, 4.69) is 19.1 Å². The lowest BCUT2D eigenvalue weighted by Crippen LogP contribution is -2.45. The molecule has 2 unspecified atom stereocenters. The normalized spacial score (nSPS) is 20.4. The van der Waals surface area contributed by atoms with Crippen LogP contribution in [0, 0.1) is 5.92 Å². The Labute approximate surface area is 188 Å². The molecule has 1 saturated heterocycles. The standard InChI is InChI=1S/C27H29N3O2/c1-19-15-16-24(31)29(17-20-9-4-2-5-10-20)25(19)26-28-23-14-8-13-22(23)27(32)30(26)18-21-11-6-3-7-12-21/h2-7,9-12,19,25H,8,13-18H2,1H3. The molecule has 0 radical (unpaired) electrons. The van der Waals surface area contributed by atoms with Crippen molar-refractivity contribution >= 4 is 5.91 Å². The lowest BCUT2D eigenvalue weighted by atomic mass is 9.88. The summed E-state index contributed by atoms with van der Waals surface area (Å²) in [5.74, 6) is 1.11. The quantitative estimate of drug-likeness (QED) is 0.611. The van der Waals surface area contributed by atoms with Gasteiger partial charge in [0.05, 0.1) is 18.3 Å². The van der Waals surface area contributed by atoms with Gasteiger partial charge in [0.25, 0.3) is 5.56 Å². The molecule has 2 aliphatic rings. The summed E-state index contributed by atoms with van der Waals surface area (Å²) in [6.07, 6.45) is 3.96. The molecule has 5 nitrogen and oxygen atoms in total. The minimum Gasteiger partial charge on any atom is -0.328 e. The fraction of sp³-hybridized carbons (Fsp3) is 0.370. The molecule has 0 spiro atoms. The zero-order valence-electron chi connectivity index (χ0n) is 18.5. The Kier molecular flexibility index (Phi) is 5.64. The Morgan fingerprint density at radius 3 is 2.22 bits per heavy atom. The summed E-state index contributed by atoms with van der Waals surface area (Å²) < 4.78 is 1.84. The third-order valence-corrected chi connectivity index (χ3v) is 6.87. The van der Waals surface area contributed by atoms with Crippen molar-refractivity contribution in [2.75, 3.05) is 0 Å². The van der Waals surface area contributed by atoms with Crippen molar-refractivity contribution in [2.45, 2.75) is 58.2 Å². The molecule has 1 aliphatic carbocycles. The van der Waals surface area contributed by atoms with Gasteiger partial charge in [-0.05, 0) is 42.7 Å². The fourth-order valence-electron chi connectivity index (χ4n) is 5.17. The zero-order valence-corrected chi connectivity index (χ0v) is 18.5. The van der Waals surface area contributed by atoms with Gasteiger partial charge in [-0.25, -0.2) is 4.98 Å². The molecule has 1 fully saturated rings. The second-order valence-corrected chi connectivity index (χ2v) is 9.09. The number of aryl methyl sites for hydroxylation is 1. The highest BCUT2D eigenvalue weighted by atomic mass is 16.2. The molecular formula is C27H29N3O2. The summed E-state index contributed by atoms with van der Waals surface area (Å²) in [5, 5.41) is 0. The minimum absolute atomic E-state index is 0.0660. The van der Waals surface area contributed by atoms with Crippen LogP contribution in [0.25, 0.3) is 0 Å². The predicted octanol–water partition coefficient (Wildman–Crippen LogP) is 4.28. The lowest BCUT2D eigenvalue weighted by molar-refractivity contribution is -0.140. The van der Waals surface area contributed by atoms with Crippen molar-refractivity contribution in [3.63, 3.8) is 0 Å². The van der Waals surface area contributed by atoms with E-state index in [9.17, 15) is 9.59 Å². The molecule has 2 aromatic carbocycles. The van der Waals surface area contributed by atoms with Gasteiger partial charge >= 0.3 is 0 Å². The van der Waals surface area contributed by atoms with Crippen LogP contribution in [-0.2, 0) is 30.7 Å². The van der Waals surface area contributed by atoms with Crippen LogP contribution in [0.15, 0.2) is 65.5 Å². The van der Waals surface area contributed by atoms with Gasteiger partial charge in [-0.1, -0.05) is 67.6 Å². The Balaban J connectivity index is 1.62. The fourth-order valence-corrected chi connectivity index (χ4v) is 5.17. The van der Waals surface area contributed by atoms with Crippen molar-refractivity contribution < 1.29 is 4.79 Å². The summed E-state index contributed by atoms with van der Waals surface area (Å²) >= 11 is 0. The summed E-state index contributed by atoms with van der Waals surface area (Å²) in [7, 11) is 0. The number of carbonyl (C=O) groups excluding carboxylic acids is 1. The minimum atomic E-state index is -0.209. The zero-order chi connectivity index (χ0) is 22.1. The number of amides is 1. The van der Waals surface area contributed by atoms with E-state index in [1.165, 1.54) is 0 Å². The molecule has 0 bridgehead atoms. The van der Waals surface area contributed by atoms with Crippen molar-refractivity contribution in [1.29, 1.82) is 0 Å². The maximum atomic E-state index is 13.6. The topological polar surface area (TPSA) is 55.2 Å². The van der Waals surface area contributed by atoms with E-state index in [1.54, 1.807) is 0 Å². The van der Waals surface area contributed by atoms with E-state index in [0.717, 1.165) is 53.9 Å². The van der Waals surface area contributed by atoms with Crippen LogP contribution >= 0.6 is 0 Å². The van der Waals surface area contributed by atoms with Crippen LogP contribution in [0.4, 0.5) is 0 Å². The summed E-state index contributed by atoms with van der Waals surface area (Å²) in [5.41, 5.74) is 4.02. The number of aromatic nitrogens is 2. The van der Waals surface area contributed by atoms with Crippen LogP contribution < -0.4 is 5.56 Å². The van der Waals surface area contributed by atoms with Gasteiger partial charge < -0.3 is 4.90 Å². The largest absolute Gasteiger partial charge is 0.328 e. The monoisotopic (exact) mass is 427 g/mol. The smallest absolute Gasteiger partial charge is 0.257 e.